The number of halogens is 1. The molecule has 108 valence electrons. The van der Waals surface area contributed by atoms with Crippen LogP contribution in [0.4, 0.5) is 0 Å². The Balaban J connectivity index is 1.99. The quantitative estimate of drug-likeness (QED) is 0.898. The van der Waals surface area contributed by atoms with Crippen molar-refractivity contribution in [3.63, 3.8) is 0 Å². The molecule has 3 rings (SSSR count). The summed E-state index contributed by atoms with van der Waals surface area (Å²) in [5, 5.41) is 6.23. The first-order valence-corrected chi connectivity index (χ1v) is 7.82. The minimum absolute atomic E-state index is 0.0313. The molecular weight excluding hydrogens is 328 g/mol. The van der Waals surface area contributed by atoms with E-state index in [0.29, 0.717) is 0 Å². The molecule has 0 aliphatic carbocycles. The maximum Gasteiger partial charge on any atom is 0.251 e. The molecule has 0 fully saturated rings. The van der Waals surface area contributed by atoms with Gasteiger partial charge in [0.1, 0.15) is 0 Å². The van der Waals surface area contributed by atoms with E-state index < -0.39 is 0 Å². The van der Waals surface area contributed by atoms with Crippen LogP contribution in [0.5, 0.6) is 0 Å². The first-order chi connectivity index (χ1) is 10.2. The molecule has 0 spiro atoms. The zero-order chi connectivity index (χ0) is 14.8. The molecule has 1 aliphatic rings. The van der Waals surface area contributed by atoms with Crippen molar-refractivity contribution >= 4 is 21.8 Å². The molecule has 4 heteroatoms. The predicted molar refractivity (Wildman–Crippen MR) is 87.5 cm³/mol. The fraction of sp³-hybridized carbons (Fsp3) is 0.235. The Hall–Kier alpha value is -1.65. The van der Waals surface area contributed by atoms with Gasteiger partial charge in [0.2, 0.25) is 0 Å². The third kappa shape index (κ3) is 2.87. The van der Waals surface area contributed by atoms with Gasteiger partial charge >= 0.3 is 0 Å². The minimum atomic E-state index is 0.0313. The van der Waals surface area contributed by atoms with Gasteiger partial charge in [-0.2, -0.15) is 0 Å². The topological polar surface area (TPSA) is 41.1 Å². The lowest BCUT2D eigenvalue weighted by Crippen LogP contribution is -2.32. The minimum Gasteiger partial charge on any atom is -0.352 e. The molecular formula is C17H17BrN2O. The van der Waals surface area contributed by atoms with Crippen LogP contribution in [0.3, 0.4) is 0 Å². The largest absolute Gasteiger partial charge is 0.352 e. The number of fused-ring (bicyclic) bond motifs is 1. The highest BCUT2D eigenvalue weighted by molar-refractivity contribution is 9.10. The molecule has 0 saturated carbocycles. The number of hydrogen-bond acceptors (Lipinski definition) is 2. The summed E-state index contributed by atoms with van der Waals surface area (Å²) in [6.45, 7) is 0.730. The van der Waals surface area contributed by atoms with Crippen molar-refractivity contribution in [2.45, 2.75) is 12.5 Å². The zero-order valence-electron chi connectivity index (χ0n) is 11.8. The lowest BCUT2D eigenvalue weighted by atomic mass is 9.92. The van der Waals surface area contributed by atoms with Gasteiger partial charge in [0.05, 0.1) is 6.04 Å². The molecule has 1 atom stereocenters. The highest BCUT2D eigenvalue weighted by Crippen LogP contribution is 2.26. The van der Waals surface area contributed by atoms with E-state index in [1.54, 1.807) is 0 Å². The number of amides is 1. The van der Waals surface area contributed by atoms with Gasteiger partial charge in [0, 0.05) is 16.6 Å². The Morgan fingerprint density at radius 3 is 2.57 bits per heavy atom. The Labute approximate surface area is 132 Å². The SMILES string of the molecule is CNC(c1ccc(Br)cc1)c1ccc2c(c1)C(=O)NCC2. The molecule has 3 nitrogen and oxygen atoms in total. The van der Waals surface area contributed by atoms with E-state index in [1.807, 2.05) is 25.2 Å². The van der Waals surface area contributed by atoms with E-state index in [2.05, 4.69) is 50.8 Å². The summed E-state index contributed by atoms with van der Waals surface area (Å²) in [5.74, 6) is 0.0313. The van der Waals surface area contributed by atoms with E-state index in [9.17, 15) is 4.79 Å². The molecule has 0 bridgehead atoms. The summed E-state index contributed by atoms with van der Waals surface area (Å²) < 4.78 is 1.06. The van der Waals surface area contributed by atoms with Crippen molar-refractivity contribution in [3.05, 3.63) is 69.2 Å². The number of hydrogen-bond donors (Lipinski definition) is 2. The number of carbonyl (C=O) groups excluding carboxylic acids is 1. The summed E-state index contributed by atoms with van der Waals surface area (Å²) in [4.78, 5) is 12.0. The maximum atomic E-state index is 12.0. The monoisotopic (exact) mass is 344 g/mol. The molecule has 1 heterocycles. The molecule has 2 aromatic carbocycles. The van der Waals surface area contributed by atoms with Gasteiger partial charge in [-0.1, -0.05) is 40.2 Å². The van der Waals surface area contributed by atoms with Gasteiger partial charge in [-0.25, -0.2) is 0 Å². The predicted octanol–water partition coefficient (Wildman–Crippen LogP) is 3.04. The lowest BCUT2D eigenvalue weighted by molar-refractivity contribution is 0.0946. The molecule has 1 aliphatic heterocycles. The smallest absolute Gasteiger partial charge is 0.251 e. The van der Waals surface area contributed by atoms with Crippen LogP contribution < -0.4 is 10.6 Å². The summed E-state index contributed by atoms with van der Waals surface area (Å²) >= 11 is 3.46. The Kier molecular flexibility index (Phi) is 4.08. The Morgan fingerprint density at radius 1 is 1.14 bits per heavy atom. The average Bonchev–Trinajstić information content (AvgIpc) is 2.51. The summed E-state index contributed by atoms with van der Waals surface area (Å²) in [6.07, 6.45) is 0.907. The third-order valence-electron chi connectivity index (χ3n) is 3.88. The van der Waals surface area contributed by atoms with Crippen molar-refractivity contribution in [3.8, 4) is 0 Å². The van der Waals surface area contributed by atoms with Gasteiger partial charge in [-0.05, 0) is 48.4 Å². The van der Waals surface area contributed by atoms with Gasteiger partial charge in [-0.3, -0.25) is 4.79 Å². The maximum absolute atomic E-state index is 12.0. The molecule has 0 aromatic heterocycles. The summed E-state index contributed by atoms with van der Waals surface area (Å²) in [7, 11) is 1.94. The Morgan fingerprint density at radius 2 is 1.86 bits per heavy atom. The van der Waals surface area contributed by atoms with Gasteiger partial charge in [0.15, 0.2) is 0 Å². The standard InChI is InChI=1S/C17H17BrN2O/c1-19-16(12-4-6-14(18)7-5-12)13-3-2-11-8-9-20-17(21)15(11)10-13/h2-7,10,16,19H,8-9H2,1H3,(H,20,21). The van der Waals surface area contributed by atoms with Gasteiger partial charge in [-0.15, -0.1) is 0 Å². The van der Waals surface area contributed by atoms with Crippen molar-refractivity contribution in [2.24, 2.45) is 0 Å². The van der Waals surface area contributed by atoms with Crippen LogP contribution >= 0.6 is 15.9 Å². The zero-order valence-corrected chi connectivity index (χ0v) is 13.4. The van der Waals surface area contributed by atoms with Crippen LogP contribution in [0.15, 0.2) is 46.9 Å². The average molecular weight is 345 g/mol. The van der Waals surface area contributed by atoms with Crippen LogP contribution in [0.1, 0.15) is 33.1 Å². The molecule has 21 heavy (non-hydrogen) atoms. The lowest BCUT2D eigenvalue weighted by Gasteiger charge is -2.21. The molecule has 2 aromatic rings. The summed E-state index contributed by atoms with van der Waals surface area (Å²) in [5.41, 5.74) is 4.22. The fourth-order valence-corrected chi connectivity index (χ4v) is 3.05. The van der Waals surface area contributed by atoms with E-state index in [0.717, 1.165) is 34.1 Å². The third-order valence-corrected chi connectivity index (χ3v) is 4.41. The van der Waals surface area contributed by atoms with Crippen LogP contribution in [0, 0.1) is 0 Å². The second-order valence-corrected chi connectivity index (χ2v) is 6.11. The normalized spacial score (nSPS) is 15.2. The van der Waals surface area contributed by atoms with E-state index >= 15 is 0 Å². The second kappa shape index (κ2) is 6.00. The number of nitrogens with one attached hydrogen (secondary N) is 2. The van der Waals surface area contributed by atoms with Crippen molar-refractivity contribution in [1.29, 1.82) is 0 Å². The Bertz CT molecular complexity index is 667. The van der Waals surface area contributed by atoms with Gasteiger partial charge < -0.3 is 10.6 Å². The highest BCUT2D eigenvalue weighted by Gasteiger charge is 2.19. The highest BCUT2D eigenvalue weighted by atomic mass is 79.9. The number of benzene rings is 2. The molecule has 1 unspecified atom stereocenters. The molecule has 2 N–H and O–H groups in total. The van der Waals surface area contributed by atoms with E-state index in [1.165, 1.54) is 5.56 Å². The van der Waals surface area contributed by atoms with Crippen molar-refractivity contribution in [2.75, 3.05) is 13.6 Å². The molecule has 1 amide bonds. The van der Waals surface area contributed by atoms with Crippen molar-refractivity contribution in [1.82, 2.24) is 10.6 Å². The van der Waals surface area contributed by atoms with E-state index in [4.69, 9.17) is 0 Å². The van der Waals surface area contributed by atoms with Crippen LogP contribution in [0.25, 0.3) is 0 Å². The van der Waals surface area contributed by atoms with E-state index in [-0.39, 0.29) is 11.9 Å². The second-order valence-electron chi connectivity index (χ2n) is 5.20. The number of rotatable bonds is 3. The first-order valence-electron chi connectivity index (χ1n) is 7.03. The van der Waals surface area contributed by atoms with Crippen LogP contribution in [-0.2, 0) is 6.42 Å². The molecule has 0 radical (unpaired) electrons. The van der Waals surface area contributed by atoms with Crippen LogP contribution in [-0.4, -0.2) is 19.5 Å². The first kappa shape index (κ1) is 14.3. The van der Waals surface area contributed by atoms with Crippen LogP contribution in [0.2, 0.25) is 0 Å². The summed E-state index contributed by atoms with van der Waals surface area (Å²) in [6, 6.07) is 14.5. The molecule has 0 saturated heterocycles. The number of carbonyl (C=O) groups is 1. The fourth-order valence-electron chi connectivity index (χ4n) is 2.79. The van der Waals surface area contributed by atoms with Gasteiger partial charge in [0.25, 0.3) is 5.91 Å². The van der Waals surface area contributed by atoms with Crippen molar-refractivity contribution < 1.29 is 4.79 Å².